The lowest BCUT2D eigenvalue weighted by atomic mass is 9.87. The molecule has 21 heavy (non-hydrogen) atoms. The van der Waals surface area contributed by atoms with Gasteiger partial charge in [0.2, 0.25) is 0 Å². The molecule has 2 aliphatic heterocycles. The maximum Gasteiger partial charge on any atom is 0.303 e. The second kappa shape index (κ2) is 5.40. The maximum atomic E-state index is 10.9. The SMILES string of the molecule is Cc1ccc(N2C3CCC2CC(CC(=O)O)C3)c(C#N)c1. The predicted molar refractivity (Wildman–Crippen MR) is 80.2 cm³/mol. The molecule has 110 valence electrons. The van der Waals surface area contributed by atoms with Crippen molar-refractivity contribution in [1.82, 2.24) is 0 Å². The molecule has 0 aliphatic carbocycles. The quantitative estimate of drug-likeness (QED) is 0.926. The second-order valence-corrected chi connectivity index (χ2v) is 6.36. The van der Waals surface area contributed by atoms with Crippen LogP contribution in [-0.4, -0.2) is 23.2 Å². The van der Waals surface area contributed by atoms with Crippen LogP contribution in [-0.2, 0) is 4.79 Å². The zero-order valence-electron chi connectivity index (χ0n) is 12.2. The summed E-state index contributed by atoms with van der Waals surface area (Å²) in [5.41, 5.74) is 2.87. The first-order chi connectivity index (χ1) is 10.1. The Bertz CT molecular complexity index is 591. The summed E-state index contributed by atoms with van der Waals surface area (Å²) in [4.78, 5) is 13.3. The van der Waals surface area contributed by atoms with Gasteiger partial charge in [-0.25, -0.2) is 0 Å². The molecule has 0 amide bonds. The zero-order chi connectivity index (χ0) is 15.0. The first kappa shape index (κ1) is 13.9. The minimum atomic E-state index is -0.694. The lowest BCUT2D eigenvalue weighted by Crippen LogP contribution is -2.43. The van der Waals surface area contributed by atoms with Crippen LogP contribution in [0.5, 0.6) is 0 Å². The number of anilines is 1. The molecule has 4 heteroatoms. The van der Waals surface area contributed by atoms with Crippen LogP contribution in [0, 0.1) is 24.2 Å². The van der Waals surface area contributed by atoms with Crippen LogP contribution in [0.1, 0.15) is 43.2 Å². The first-order valence-corrected chi connectivity index (χ1v) is 7.59. The summed E-state index contributed by atoms with van der Waals surface area (Å²) in [6, 6.07) is 9.14. The number of carbonyl (C=O) groups is 1. The summed E-state index contributed by atoms with van der Waals surface area (Å²) >= 11 is 0. The van der Waals surface area contributed by atoms with E-state index >= 15 is 0 Å². The molecule has 2 aliphatic rings. The average molecular weight is 284 g/mol. The van der Waals surface area contributed by atoms with Gasteiger partial charge in [0.1, 0.15) is 6.07 Å². The summed E-state index contributed by atoms with van der Waals surface area (Å²) in [5, 5.41) is 18.4. The van der Waals surface area contributed by atoms with Gasteiger partial charge in [-0.2, -0.15) is 5.26 Å². The van der Waals surface area contributed by atoms with Crippen molar-refractivity contribution in [3.63, 3.8) is 0 Å². The highest BCUT2D eigenvalue weighted by molar-refractivity contribution is 5.67. The maximum absolute atomic E-state index is 10.9. The van der Waals surface area contributed by atoms with Gasteiger partial charge in [0, 0.05) is 18.5 Å². The number of nitriles is 1. The Morgan fingerprint density at radius 3 is 2.62 bits per heavy atom. The highest BCUT2D eigenvalue weighted by atomic mass is 16.4. The Kier molecular flexibility index (Phi) is 3.59. The molecule has 0 saturated carbocycles. The van der Waals surface area contributed by atoms with Crippen molar-refractivity contribution in [2.75, 3.05) is 4.90 Å². The predicted octanol–water partition coefficient (Wildman–Crippen LogP) is 3.09. The van der Waals surface area contributed by atoms with E-state index in [0.29, 0.717) is 12.1 Å². The first-order valence-electron chi connectivity index (χ1n) is 7.59. The van der Waals surface area contributed by atoms with E-state index in [2.05, 4.69) is 23.1 Å². The number of rotatable bonds is 3. The van der Waals surface area contributed by atoms with Crippen molar-refractivity contribution in [3.8, 4) is 6.07 Å². The van der Waals surface area contributed by atoms with Crippen molar-refractivity contribution < 1.29 is 9.90 Å². The molecule has 1 aromatic carbocycles. The van der Waals surface area contributed by atoms with Crippen molar-refractivity contribution >= 4 is 11.7 Å². The number of fused-ring (bicyclic) bond motifs is 2. The standard InChI is InChI=1S/C17H20N2O2/c1-11-2-5-16(13(6-11)10-18)19-14-3-4-15(19)8-12(7-14)9-17(20)21/h2,5-6,12,14-15H,3-4,7-9H2,1H3,(H,20,21). The molecule has 0 radical (unpaired) electrons. The summed E-state index contributed by atoms with van der Waals surface area (Å²) in [6.45, 7) is 2.00. The Labute approximate surface area is 125 Å². The fourth-order valence-corrected chi connectivity index (χ4v) is 4.06. The zero-order valence-corrected chi connectivity index (χ0v) is 12.2. The minimum Gasteiger partial charge on any atom is -0.481 e. The van der Waals surface area contributed by atoms with Crippen LogP contribution < -0.4 is 4.90 Å². The summed E-state index contributed by atoms with van der Waals surface area (Å²) in [6.07, 6.45) is 4.36. The van der Waals surface area contributed by atoms with E-state index in [9.17, 15) is 10.1 Å². The summed E-state index contributed by atoms with van der Waals surface area (Å²) < 4.78 is 0. The molecule has 2 atom stereocenters. The fraction of sp³-hybridized carbons (Fsp3) is 0.529. The van der Waals surface area contributed by atoms with Gasteiger partial charge >= 0.3 is 5.97 Å². The Balaban J connectivity index is 1.86. The van der Waals surface area contributed by atoms with Crippen LogP contribution in [0.4, 0.5) is 5.69 Å². The highest BCUT2D eigenvalue weighted by Crippen LogP contribution is 2.43. The molecule has 3 rings (SSSR count). The highest BCUT2D eigenvalue weighted by Gasteiger charge is 2.41. The number of nitrogens with zero attached hydrogens (tertiary/aromatic N) is 2. The largest absolute Gasteiger partial charge is 0.481 e. The summed E-state index contributed by atoms with van der Waals surface area (Å²) in [7, 11) is 0. The third-order valence-corrected chi connectivity index (χ3v) is 4.84. The molecule has 2 unspecified atom stereocenters. The van der Waals surface area contributed by atoms with Gasteiger partial charge in [0.05, 0.1) is 11.3 Å². The average Bonchev–Trinajstić information content (AvgIpc) is 2.69. The van der Waals surface area contributed by atoms with Gasteiger partial charge in [-0.15, -0.1) is 0 Å². The smallest absolute Gasteiger partial charge is 0.303 e. The monoisotopic (exact) mass is 284 g/mol. The fourth-order valence-electron chi connectivity index (χ4n) is 4.06. The molecule has 0 aromatic heterocycles. The molecular formula is C17H20N2O2. The van der Waals surface area contributed by atoms with Crippen molar-refractivity contribution in [3.05, 3.63) is 29.3 Å². The van der Waals surface area contributed by atoms with Crippen molar-refractivity contribution in [2.45, 2.75) is 51.1 Å². The number of hydrogen-bond acceptors (Lipinski definition) is 3. The molecule has 2 fully saturated rings. The number of aryl methyl sites for hydroxylation is 1. The van der Waals surface area contributed by atoms with Gasteiger partial charge < -0.3 is 10.0 Å². The third-order valence-electron chi connectivity index (χ3n) is 4.84. The Morgan fingerprint density at radius 1 is 1.38 bits per heavy atom. The Morgan fingerprint density at radius 2 is 2.05 bits per heavy atom. The third kappa shape index (κ3) is 2.61. The van der Waals surface area contributed by atoms with E-state index in [0.717, 1.165) is 42.5 Å². The van der Waals surface area contributed by atoms with Crippen LogP contribution in [0.2, 0.25) is 0 Å². The number of carboxylic acids is 1. The van der Waals surface area contributed by atoms with Crippen LogP contribution in [0.3, 0.4) is 0 Å². The van der Waals surface area contributed by atoms with E-state index in [4.69, 9.17) is 5.11 Å². The summed E-state index contributed by atoms with van der Waals surface area (Å²) in [5.74, 6) is -0.409. The lowest BCUT2D eigenvalue weighted by Gasteiger charge is -2.40. The van der Waals surface area contributed by atoms with Gasteiger partial charge in [-0.3, -0.25) is 4.79 Å². The van der Waals surface area contributed by atoms with E-state index in [1.54, 1.807) is 0 Å². The number of hydrogen-bond donors (Lipinski definition) is 1. The lowest BCUT2D eigenvalue weighted by molar-refractivity contribution is -0.138. The van der Waals surface area contributed by atoms with Crippen LogP contribution >= 0.6 is 0 Å². The van der Waals surface area contributed by atoms with Crippen LogP contribution in [0.25, 0.3) is 0 Å². The van der Waals surface area contributed by atoms with Gasteiger partial charge in [0.15, 0.2) is 0 Å². The second-order valence-electron chi connectivity index (χ2n) is 6.36. The molecule has 2 bridgehead atoms. The van der Waals surface area contributed by atoms with E-state index in [1.165, 1.54) is 0 Å². The molecule has 2 heterocycles. The number of benzene rings is 1. The molecule has 4 nitrogen and oxygen atoms in total. The van der Waals surface area contributed by atoms with Crippen LogP contribution in [0.15, 0.2) is 18.2 Å². The van der Waals surface area contributed by atoms with E-state index in [-0.39, 0.29) is 12.3 Å². The minimum absolute atomic E-state index is 0.278. The van der Waals surface area contributed by atoms with Crippen molar-refractivity contribution in [2.24, 2.45) is 5.92 Å². The molecular weight excluding hydrogens is 264 g/mol. The molecule has 0 spiro atoms. The number of aliphatic carboxylic acids is 1. The van der Waals surface area contributed by atoms with Crippen molar-refractivity contribution in [1.29, 1.82) is 5.26 Å². The van der Waals surface area contributed by atoms with E-state index < -0.39 is 5.97 Å². The molecule has 1 aromatic rings. The normalized spacial score (nSPS) is 27.4. The van der Waals surface area contributed by atoms with Gasteiger partial charge in [-0.05, 0) is 56.2 Å². The molecule has 1 N–H and O–H groups in total. The van der Waals surface area contributed by atoms with E-state index in [1.807, 2.05) is 13.0 Å². The van der Waals surface area contributed by atoms with Gasteiger partial charge in [0.25, 0.3) is 0 Å². The molecule has 2 saturated heterocycles. The Hall–Kier alpha value is -2.02. The van der Waals surface area contributed by atoms with Gasteiger partial charge in [-0.1, -0.05) is 6.07 Å². The topological polar surface area (TPSA) is 64.3 Å². The number of piperidine rings is 1. The number of carboxylic acid groups (broad SMARTS) is 1.